The number of hydrogen-bond donors (Lipinski definition) is 0. The molecule has 0 fully saturated rings. The molecule has 0 saturated heterocycles. The number of nitrogens with zero attached hydrogens (tertiary/aromatic N) is 1. The molecular formula is C15H13NO2S. The minimum atomic E-state index is 0.507. The Morgan fingerprint density at radius 2 is 1.68 bits per heavy atom. The molecule has 0 aliphatic carbocycles. The molecule has 0 unspecified atom stereocenters. The molecule has 2 aromatic rings. The van der Waals surface area contributed by atoms with Crippen molar-refractivity contribution in [3.8, 4) is 22.6 Å². The summed E-state index contributed by atoms with van der Waals surface area (Å²) in [6.45, 7) is 0.507. The van der Waals surface area contributed by atoms with Gasteiger partial charge in [0.25, 0.3) is 0 Å². The zero-order valence-corrected chi connectivity index (χ0v) is 11.1. The van der Waals surface area contributed by atoms with Crippen LogP contribution in [0, 0.1) is 10.7 Å². The van der Waals surface area contributed by atoms with Gasteiger partial charge in [0.05, 0.1) is 6.61 Å². The zero-order chi connectivity index (χ0) is 13.3. The van der Waals surface area contributed by atoms with Gasteiger partial charge in [0.1, 0.15) is 22.6 Å². The third kappa shape index (κ3) is 4.57. The molecule has 0 aliphatic rings. The van der Waals surface area contributed by atoms with Crippen LogP contribution in [0.3, 0.4) is 0 Å². The van der Waals surface area contributed by atoms with Gasteiger partial charge >= 0.3 is 0 Å². The molecule has 96 valence electrons. The van der Waals surface area contributed by atoms with Crippen LogP contribution in [0.4, 0.5) is 0 Å². The maximum Gasteiger partial charge on any atom is 0.133 e. The fourth-order valence-corrected chi connectivity index (χ4v) is 1.76. The Hall–Kier alpha value is -2.12. The Morgan fingerprint density at radius 3 is 2.47 bits per heavy atom. The first-order valence-electron chi connectivity index (χ1n) is 5.85. The van der Waals surface area contributed by atoms with E-state index in [9.17, 15) is 0 Å². The minimum Gasteiger partial charge on any atom is -0.493 e. The summed E-state index contributed by atoms with van der Waals surface area (Å²) >= 11 is 1.18. The lowest BCUT2D eigenvalue weighted by molar-refractivity contribution is 0.342. The Labute approximate surface area is 116 Å². The lowest BCUT2D eigenvalue weighted by Gasteiger charge is -2.08. The Kier molecular flexibility index (Phi) is 5.15. The monoisotopic (exact) mass is 271 g/mol. The van der Waals surface area contributed by atoms with Gasteiger partial charge in [0, 0.05) is 11.8 Å². The molecule has 2 rings (SSSR count). The van der Waals surface area contributed by atoms with Gasteiger partial charge in [-0.3, -0.25) is 0 Å². The van der Waals surface area contributed by atoms with Gasteiger partial charge in [0.2, 0.25) is 0 Å². The predicted molar refractivity (Wildman–Crippen MR) is 76.5 cm³/mol. The molecule has 0 atom stereocenters. The third-order valence-corrected chi connectivity index (χ3v) is 2.80. The number of ether oxygens (including phenoxy) is 2. The van der Waals surface area contributed by atoms with Crippen molar-refractivity contribution in [2.45, 2.75) is 0 Å². The quantitative estimate of drug-likeness (QED) is 0.586. The smallest absolute Gasteiger partial charge is 0.133 e. The normalized spacial score (nSPS) is 9.63. The first-order valence-corrected chi connectivity index (χ1v) is 6.84. The maximum atomic E-state index is 8.41. The Morgan fingerprint density at radius 1 is 0.947 bits per heavy atom. The highest BCUT2D eigenvalue weighted by molar-refractivity contribution is 8.03. The van der Waals surface area contributed by atoms with Crippen LogP contribution in [0.2, 0.25) is 0 Å². The van der Waals surface area contributed by atoms with Crippen LogP contribution in [-0.4, -0.2) is 12.4 Å². The standard InChI is InChI=1S/C15H13NO2S/c16-12-19-10-9-17-14-7-4-8-15(11-14)18-13-5-2-1-3-6-13/h1-8,11H,9-10H2. The number of thiocyanates is 1. The molecule has 0 aromatic heterocycles. The van der Waals surface area contributed by atoms with E-state index in [2.05, 4.69) is 0 Å². The van der Waals surface area contributed by atoms with E-state index < -0.39 is 0 Å². The second kappa shape index (κ2) is 7.34. The molecule has 0 radical (unpaired) electrons. The summed E-state index contributed by atoms with van der Waals surface area (Å²) in [7, 11) is 0. The van der Waals surface area contributed by atoms with Crippen molar-refractivity contribution in [3.63, 3.8) is 0 Å². The molecule has 19 heavy (non-hydrogen) atoms. The molecule has 0 bridgehead atoms. The van der Waals surface area contributed by atoms with Crippen LogP contribution >= 0.6 is 11.8 Å². The van der Waals surface area contributed by atoms with Gasteiger partial charge in [-0.1, -0.05) is 24.3 Å². The second-order valence-corrected chi connectivity index (χ2v) is 4.56. The first-order chi connectivity index (χ1) is 9.38. The van der Waals surface area contributed by atoms with Crippen LogP contribution in [0.5, 0.6) is 17.2 Å². The Bertz CT molecular complexity index is 552. The molecule has 0 saturated carbocycles. The lowest BCUT2D eigenvalue weighted by atomic mass is 10.3. The van der Waals surface area contributed by atoms with Gasteiger partial charge in [-0.2, -0.15) is 5.26 Å². The second-order valence-electron chi connectivity index (χ2n) is 3.68. The first kappa shape index (κ1) is 13.3. The summed E-state index contributed by atoms with van der Waals surface area (Å²) in [5.41, 5.74) is 0. The molecule has 0 spiro atoms. The number of rotatable bonds is 6. The zero-order valence-electron chi connectivity index (χ0n) is 10.3. The summed E-state index contributed by atoms with van der Waals surface area (Å²) in [4.78, 5) is 0. The van der Waals surface area contributed by atoms with Crippen molar-refractivity contribution in [1.29, 1.82) is 5.26 Å². The predicted octanol–water partition coefficient (Wildman–Crippen LogP) is 4.07. The van der Waals surface area contributed by atoms with Crippen molar-refractivity contribution >= 4 is 11.8 Å². The van der Waals surface area contributed by atoms with E-state index in [1.807, 2.05) is 60.0 Å². The van der Waals surface area contributed by atoms with E-state index in [0.717, 1.165) is 17.2 Å². The molecular weight excluding hydrogens is 258 g/mol. The average molecular weight is 271 g/mol. The summed E-state index contributed by atoms with van der Waals surface area (Å²) < 4.78 is 11.2. The van der Waals surface area contributed by atoms with Crippen molar-refractivity contribution in [2.75, 3.05) is 12.4 Å². The lowest BCUT2D eigenvalue weighted by Crippen LogP contribution is -1.99. The van der Waals surface area contributed by atoms with Crippen molar-refractivity contribution in [2.24, 2.45) is 0 Å². The van der Waals surface area contributed by atoms with E-state index in [0.29, 0.717) is 12.4 Å². The van der Waals surface area contributed by atoms with E-state index in [4.69, 9.17) is 14.7 Å². The molecule has 0 N–H and O–H groups in total. The topological polar surface area (TPSA) is 42.2 Å². The highest BCUT2D eigenvalue weighted by Gasteiger charge is 1.99. The number of para-hydroxylation sites is 1. The number of hydrogen-bond acceptors (Lipinski definition) is 4. The largest absolute Gasteiger partial charge is 0.493 e. The van der Waals surface area contributed by atoms with Gasteiger partial charge in [-0.05, 0) is 36.0 Å². The summed E-state index contributed by atoms with van der Waals surface area (Å²) in [6.07, 6.45) is 0. The molecule has 4 heteroatoms. The summed E-state index contributed by atoms with van der Waals surface area (Å²) in [5.74, 6) is 2.92. The van der Waals surface area contributed by atoms with E-state index in [1.54, 1.807) is 0 Å². The van der Waals surface area contributed by atoms with Gasteiger partial charge in [-0.15, -0.1) is 0 Å². The average Bonchev–Trinajstić information content (AvgIpc) is 2.45. The van der Waals surface area contributed by atoms with Crippen LogP contribution in [0.15, 0.2) is 54.6 Å². The van der Waals surface area contributed by atoms with Crippen LogP contribution in [0.1, 0.15) is 0 Å². The highest BCUT2D eigenvalue weighted by atomic mass is 32.2. The SMILES string of the molecule is N#CSCCOc1cccc(Oc2ccccc2)c1. The van der Waals surface area contributed by atoms with E-state index in [1.165, 1.54) is 11.8 Å². The maximum absolute atomic E-state index is 8.41. The summed E-state index contributed by atoms with van der Waals surface area (Å²) in [5, 5.41) is 10.4. The fourth-order valence-electron chi connectivity index (χ4n) is 1.50. The van der Waals surface area contributed by atoms with Crippen LogP contribution in [0.25, 0.3) is 0 Å². The number of benzene rings is 2. The molecule has 3 nitrogen and oxygen atoms in total. The highest BCUT2D eigenvalue weighted by Crippen LogP contribution is 2.24. The van der Waals surface area contributed by atoms with Crippen LogP contribution < -0.4 is 9.47 Å². The fraction of sp³-hybridized carbons (Fsp3) is 0.133. The summed E-state index contributed by atoms with van der Waals surface area (Å²) in [6, 6.07) is 17.1. The molecule has 0 aliphatic heterocycles. The van der Waals surface area contributed by atoms with Crippen molar-refractivity contribution in [3.05, 3.63) is 54.6 Å². The van der Waals surface area contributed by atoms with Crippen LogP contribution in [-0.2, 0) is 0 Å². The van der Waals surface area contributed by atoms with E-state index >= 15 is 0 Å². The third-order valence-electron chi connectivity index (χ3n) is 2.30. The van der Waals surface area contributed by atoms with Gasteiger partial charge < -0.3 is 9.47 Å². The van der Waals surface area contributed by atoms with Gasteiger partial charge in [-0.25, -0.2) is 0 Å². The van der Waals surface area contributed by atoms with Gasteiger partial charge in [0.15, 0.2) is 0 Å². The number of nitriles is 1. The minimum absolute atomic E-state index is 0.507. The van der Waals surface area contributed by atoms with Crippen molar-refractivity contribution in [1.82, 2.24) is 0 Å². The molecule has 2 aromatic carbocycles. The molecule has 0 amide bonds. The molecule has 0 heterocycles. The van der Waals surface area contributed by atoms with E-state index in [-0.39, 0.29) is 0 Å². The van der Waals surface area contributed by atoms with Crippen molar-refractivity contribution < 1.29 is 9.47 Å². The Balaban J connectivity index is 1.94. The number of thioether (sulfide) groups is 1.